The first kappa shape index (κ1) is 17.1. The van der Waals surface area contributed by atoms with Gasteiger partial charge in [-0.1, -0.05) is 12.8 Å². The Morgan fingerprint density at radius 3 is 2.76 bits per heavy atom. The molecule has 1 amide bonds. The summed E-state index contributed by atoms with van der Waals surface area (Å²) in [5.41, 5.74) is 0.601. The van der Waals surface area contributed by atoms with Crippen molar-refractivity contribution >= 4 is 5.91 Å². The maximum Gasteiger partial charge on any atom is 0.257 e. The zero-order valence-electron chi connectivity index (χ0n) is 15.2. The van der Waals surface area contributed by atoms with Crippen LogP contribution in [0.25, 0.3) is 0 Å². The van der Waals surface area contributed by atoms with Crippen molar-refractivity contribution in [1.82, 2.24) is 4.90 Å². The van der Waals surface area contributed by atoms with Crippen molar-refractivity contribution in [3.8, 4) is 0 Å². The minimum Gasteiger partial charge on any atom is -0.469 e. The summed E-state index contributed by atoms with van der Waals surface area (Å²) >= 11 is 0. The van der Waals surface area contributed by atoms with Gasteiger partial charge in [0, 0.05) is 26.1 Å². The van der Waals surface area contributed by atoms with Crippen LogP contribution >= 0.6 is 0 Å². The van der Waals surface area contributed by atoms with Crippen LogP contribution in [0.2, 0.25) is 0 Å². The second-order valence-corrected chi connectivity index (χ2v) is 7.99. The van der Waals surface area contributed by atoms with E-state index in [9.17, 15) is 4.79 Å². The summed E-state index contributed by atoms with van der Waals surface area (Å²) in [6, 6.07) is 1.76. The molecule has 1 spiro atoms. The lowest BCUT2D eigenvalue weighted by Crippen LogP contribution is -2.46. The van der Waals surface area contributed by atoms with E-state index in [0.29, 0.717) is 17.9 Å². The molecule has 0 radical (unpaired) electrons. The zero-order chi connectivity index (χ0) is 17.3. The van der Waals surface area contributed by atoms with Crippen LogP contribution in [0, 0.1) is 12.8 Å². The number of likely N-dealkylation sites (tertiary alicyclic amines) is 1. The number of ether oxygens (including phenoxy) is 2. The largest absolute Gasteiger partial charge is 0.469 e. The van der Waals surface area contributed by atoms with Crippen molar-refractivity contribution in [2.24, 2.45) is 5.92 Å². The number of hydrogen-bond donors (Lipinski definition) is 0. The summed E-state index contributed by atoms with van der Waals surface area (Å²) in [6.45, 7) is 4.94. The Bertz CT molecular complexity index is 597. The zero-order valence-corrected chi connectivity index (χ0v) is 15.2. The Morgan fingerprint density at radius 1 is 1.32 bits per heavy atom. The smallest absolute Gasteiger partial charge is 0.257 e. The number of carbonyl (C=O) groups is 1. The fourth-order valence-corrected chi connectivity index (χ4v) is 4.60. The summed E-state index contributed by atoms with van der Waals surface area (Å²) in [4.78, 5) is 14.5. The van der Waals surface area contributed by atoms with Gasteiger partial charge < -0.3 is 18.8 Å². The molecule has 3 heterocycles. The molecule has 0 N–H and O–H groups in total. The van der Waals surface area contributed by atoms with Gasteiger partial charge in [-0.25, -0.2) is 0 Å². The van der Waals surface area contributed by atoms with Gasteiger partial charge in [0.05, 0.1) is 30.1 Å². The Morgan fingerprint density at radius 2 is 2.08 bits per heavy atom. The van der Waals surface area contributed by atoms with Crippen LogP contribution in [0.3, 0.4) is 0 Å². The van der Waals surface area contributed by atoms with Gasteiger partial charge in [-0.15, -0.1) is 0 Å². The van der Waals surface area contributed by atoms with E-state index in [1.807, 2.05) is 11.8 Å². The first-order valence-corrected chi connectivity index (χ1v) is 9.74. The minimum absolute atomic E-state index is 0.0770. The summed E-state index contributed by atoms with van der Waals surface area (Å²) in [6.07, 6.45) is 9.97. The topological polar surface area (TPSA) is 51.9 Å². The molecule has 0 aromatic carbocycles. The standard InChI is InChI=1S/C20H29NO4/c1-15-18(6-11-23-15)19(22)21-9-7-20(8-10-21)12-17(14-25-20)24-13-16-4-2-3-5-16/h6,11,16-17H,2-5,7-10,12-14H2,1H3/t17-/m0/s1. The SMILES string of the molecule is Cc1occc1C(=O)N1CCC2(CC1)C[C@H](OCC1CCCC1)CO2. The van der Waals surface area contributed by atoms with Crippen LogP contribution in [0.5, 0.6) is 0 Å². The van der Waals surface area contributed by atoms with E-state index < -0.39 is 0 Å². The molecule has 3 fully saturated rings. The highest BCUT2D eigenvalue weighted by Crippen LogP contribution is 2.38. The van der Waals surface area contributed by atoms with Crippen LogP contribution < -0.4 is 0 Å². The quantitative estimate of drug-likeness (QED) is 0.836. The molecule has 2 aliphatic heterocycles. The van der Waals surface area contributed by atoms with Gasteiger partial charge in [-0.05, 0) is 44.6 Å². The maximum absolute atomic E-state index is 12.6. The lowest BCUT2D eigenvalue weighted by molar-refractivity contribution is -0.0414. The molecule has 1 atom stereocenters. The average molecular weight is 347 g/mol. The molecular formula is C20H29NO4. The fourth-order valence-electron chi connectivity index (χ4n) is 4.60. The lowest BCUT2D eigenvalue weighted by Gasteiger charge is -2.38. The predicted octanol–water partition coefficient (Wildman–Crippen LogP) is 3.56. The molecule has 2 saturated heterocycles. The van der Waals surface area contributed by atoms with Gasteiger partial charge >= 0.3 is 0 Å². The van der Waals surface area contributed by atoms with Gasteiger partial charge in [-0.3, -0.25) is 4.79 Å². The molecule has 3 aliphatic rings. The molecule has 5 heteroatoms. The highest BCUT2D eigenvalue weighted by atomic mass is 16.6. The summed E-state index contributed by atoms with van der Waals surface area (Å²) in [5.74, 6) is 1.53. The van der Waals surface area contributed by atoms with E-state index >= 15 is 0 Å². The molecule has 5 nitrogen and oxygen atoms in total. The molecule has 0 bridgehead atoms. The summed E-state index contributed by atoms with van der Waals surface area (Å²) in [7, 11) is 0. The molecule has 1 saturated carbocycles. The molecular weight excluding hydrogens is 318 g/mol. The molecule has 25 heavy (non-hydrogen) atoms. The van der Waals surface area contributed by atoms with E-state index in [0.717, 1.165) is 44.9 Å². The second-order valence-electron chi connectivity index (χ2n) is 7.99. The van der Waals surface area contributed by atoms with Gasteiger partial charge in [0.15, 0.2) is 0 Å². The third-order valence-electron chi connectivity index (χ3n) is 6.27. The van der Waals surface area contributed by atoms with Crippen molar-refractivity contribution in [1.29, 1.82) is 0 Å². The van der Waals surface area contributed by atoms with Gasteiger partial charge in [0.1, 0.15) is 5.76 Å². The Balaban J connectivity index is 1.27. The van der Waals surface area contributed by atoms with Crippen LogP contribution in [0.4, 0.5) is 0 Å². The van der Waals surface area contributed by atoms with Crippen LogP contribution in [0.15, 0.2) is 16.7 Å². The van der Waals surface area contributed by atoms with E-state index in [2.05, 4.69) is 0 Å². The average Bonchev–Trinajstić information content (AvgIpc) is 3.35. The minimum atomic E-state index is -0.0808. The highest BCUT2D eigenvalue weighted by Gasteiger charge is 2.44. The van der Waals surface area contributed by atoms with Gasteiger partial charge in [0.25, 0.3) is 5.91 Å². The number of furan rings is 1. The number of hydrogen-bond acceptors (Lipinski definition) is 4. The Labute approximate surface area is 149 Å². The third-order valence-corrected chi connectivity index (χ3v) is 6.27. The molecule has 0 unspecified atom stereocenters. The summed E-state index contributed by atoms with van der Waals surface area (Å²) in [5, 5.41) is 0. The lowest BCUT2D eigenvalue weighted by atomic mass is 9.87. The molecule has 1 aliphatic carbocycles. The molecule has 1 aromatic rings. The van der Waals surface area contributed by atoms with Crippen LogP contribution in [-0.4, -0.2) is 48.8 Å². The number of rotatable bonds is 4. The van der Waals surface area contributed by atoms with E-state index in [1.54, 1.807) is 12.3 Å². The number of piperidine rings is 1. The number of carbonyl (C=O) groups excluding carboxylic acids is 1. The van der Waals surface area contributed by atoms with E-state index in [1.165, 1.54) is 25.7 Å². The number of amides is 1. The van der Waals surface area contributed by atoms with Crippen molar-refractivity contribution in [3.63, 3.8) is 0 Å². The predicted molar refractivity (Wildman–Crippen MR) is 93.6 cm³/mol. The maximum atomic E-state index is 12.6. The normalized spacial score (nSPS) is 26.6. The van der Waals surface area contributed by atoms with Crippen molar-refractivity contribution in [2.45, 2.75) is 63.6 Å². The monoisotopic (exact) mass is 347 g/mol. The fraction of sp³-hybridized carbons (Fsp3) is 0.750. The number of aryl methyl sites for hydroxylation is 1. The second kappa shape index (κ2) is 7.12. The number of nitrogens with zero attached hydrogens (tertiary/aromatic N) is 1. The van der Waals surface area contributed by atoms with E-state index in [4.69, 9.17) is 13.9 Å². The van der Waals surface area contributed by atoms with Crippen LogP contribution in [-0.2, 0) is 9.47 Å². The first-order valence-electron chi connectivity index (χ1n) is 9.74. The van der Waals surface area contributed by atoms with Gasteiger partial charge in [-0.2, -0.15) is 0 Å². The molecule has 1 aromatic heterocycles. The Kier molecular flexibility index (Phi) is 4.87. The molecule has 4 rings (SSSR count). The van der Waals surface area contributed by atoms with Crippen molar-refractivity contribution in [3.05, 3.63) is 23.7 Å². The van der Waals surface area contributed by atoms with Crippen molar-refractivity contribution < 1.29 is 18.7 Å². The van der Waals surface area contributed by atoms with Crippen molar-refractivity contribution in [2.75, 3.05) is 26.3 Å². The summed E-state index contributed by atoms with van der Waals surface area (Å²) < 4.78 is 17.6. The van der Waals surface area contributed by atoms with Gasteiger partial charge in [0.2, 0.25) is 0 Å². The Hall–Kier alpha value is -1.33. The van der Waals surface area contributed by atoms with E-state index in [-0.39, 0.29) is 17.6 Å². The molecule has 138 valence electrons. The van der Waals surface area contributed by atoms with Crippen LogP contribution in [0.1, 0.15) is 61.1 Å². The first-order chi connectivity index (χ1) is 12.2. The third kappa shape index (κ3) is 3.63. The highest BCUT2D eigenvalue weighted by molar-refractivity contribution is 5.95.